The second-order valence-corrected chi connectivity index (χ2v) is 5.75. The number of carbonyl (C=O) groups excluding carboxylic acids is 1. The maximum Gasteiger partial charge on any atom is 0.322 e. The van der Waals surface area contributed by atoms with Crippen molar-refractivity contribution in [1.82, 2.24) is 5.32 Å². The monoisotopic (exact) mass is 311 g/mol. The molecular formula is C14H18BrNO2. The molecule has 1 saturated heterocycles. The number of benzene rings is 1. The fraction of sp³-hybridized carbons (Fsp3) is 0.500. The van der Waals surface area contributed by atoms with Crippen LogP contribution in [0.15, 0.2) is 28.7 Å². The lowest BCUT2D eigenvalue weighted by molar-refractivity contribution is -0.144. The Kier molecular flexibility index (Phi) is 4.40. The van der Waals surface area contributed by atoms with Crippen LogP contribution in [0.25, 0.3) is 0 Å². The van der Waals surface area contributed by atoms with Crippen molar-refractivity contribution in [3.05, 3.63) is 34.3 Å². The zero-order chi connectivity index (χ0) is 13.1. The van der Waals surface area contributed by atoms with E-state index < -0.39 is 0 Å². The Morgan fingerprint density at radius 1 is 1.44 bits per heavy atom. The minimum absolute atomic E-state index is 0.165. The average molecular weight is 312 g/mol. The van der Waals surface area contributed by atoms with Crippen molar-refractivity contribution in [3.63, 3.8) is 0 Å². The van der Waals surface area contributed by atoms with E-state index in [4.69, 9.17) is 4.74 Å². The molecule has 1 N–H and O–H groups in total. The van der Waals surface area contributed by atoms with E-state index in [1.54, 1.807) is 0 Å². The van der Waals surface area contributed by atoms with Gasteiger partial charge in [-0.05, 0) is 36.5 Å². The van der Waals surface area contributed by atoms with E-state index in [0.717, 1.165) is 17.3 Å². The highest BCUT2D eigenvalue weighted by atomic mass is 79.9. The third-order valence-electron chi connectivity index (χ3n) is 3.55. The molecule has 1 heterocycles. The van der Waals surface area contributed by atoms with Crippen molar-refractivity contribution in [2.45, 2.75) is 31.8 Å². The molecule has 0 bridgehead atoms. The first-order valence-electron chi connectivity index (χ1n) is 6.21. The molecule has 3 atom stereocenters. The molecule has 0 unspecified atom stereocenters. The summed E-state index contributed by atoms with van der Waals surface area (Å²) in [7, 11) is 1.44. The standard InChI is InChI=1S/C14H18BrNO2/c1-9-6-7-12(14(17)18-2)16-13(9)10-4-3-5-11(15)8-10/h3-5,8-9,12-13,16H,6-7H2,1-2H3/t9-,12+,13-/m1/s1. The first-order chi connectivity index (χ1) is 8.61. The summed E-state index contributed by atoms with van der Waals surface area (Å²) in [4.78, 5) is 11.6. The van der Waals surface area contributed by atoms with E-state index in [2.05, 4.69) is 40.3 Å². The highest BCUT2D eigenvalue weighted by Crippen LogP contribution is 2.32. The summed E-state index contributed by atoms with van der Waals surface area (Å²) in [5, 5.41) is 3.40. The summed E-state index contributed by atoms with van der Waals surface area (Å²) < 4.78 is 5.89. The van der Waals surface area contributed by atoms with Gasteiger partial charge in [0.2, 0.25) is 0 Å². The van der Waals surface area contributed by atoms with Gasteiger partial charge in [0.1, 0.15) is 6.04 Å². The second-order valence-electron chi connectivity index (χ2n) is 4.83. The summed E-state index contributed by atoms with van der Waals surface area (Å²) in [6.45, 7) is 2.21. The molecule has 98 valence electrons. The number of esters is 1. The van der Waals surface area contributed by atoms with Crippen molar-refractivity contribution in [2.75, 3.05) is 7.11 Å². The van der Waals surface area contributed by atoms with Gasteiger partial charge in [0.15, 0.2) is 0 Å². The molecule has 1 aliphatic heterocycles. The number of hydrogen-bond donors (Lipinski definition) is 1. The summed E-state index contributed by atoms with van der Waals surface area (Å²) in [6.07, 6.45) is 1.88. The number of piperidine rings is 1. The molecule has 1 fully saturated rings. The lowest BCUT2D eigenvalue weighted by Crippen LogP contribution is -2.46. The van der Waals surface area contributed by atoms with Crippen LogP contribution in [0, 0.1) is 5.92 Å². The van der Waals surface area contributed by atoms with Crippen molar-refractivity contribution in [1.29, 1.82) is 0 Å². The summed E-state index contributed by atoms with van der Waals surface area (Å²) in [6, 6.07) is 8.26. The first kappa shape index (κ1) is 13.6. The third kappa shape index (κ3) is 2.93. The number of carbonyl (C=O) groups is 1. The van der Waals surface area contributed by atoms with Gasteiger partial charge in [-0.2, -0.15) is 0 Å². The van der Waals surface area contributed by atoms with Gasteiger partial charge < -0.3 is 4.74 Å². The topological polar surface area (TPSA) is 38.3 Å². The number of ether oxygens (including phenoxy) is 1. The quantitative estimate of drug-likeness (QED) is 0.853. The average Bonchev–Trinajstić information content (AvgIpc) is 2.38. The Bertz CT molecular complexity index is 436. The van der Waals surface area contributed by atoms with Crippen LogP contribution in [0.2, 0.25) is 0 Å². The molecule has 1 aromatic rings. The largest absolute Gasteiger partial charge is 0.468 e. The van der Waals surface area contributed by atoms with E-state index in [1.165, 1.54) is 12.7 Å². The van der Waals surface area contributed by atoms with Crippen LogP contribution in [-0.2, 0) is 9.53 Å². The Morgan fingerprint density at radius 2 is 2.22 bits per heavy atom. The highest BCUT2D eigenvalue weighted by molar-refractivity contribution is 9.10. The summed E-state index contributed by atoms with van der Waals surface area (Å²) in [5.74, 6) is 0.349. The molecule has 4 heteroatoms. The van der Waals surface area contributed by atoms with Crippen molar-refractivity contribution in [2.24, 2.45) is 5.92 Å². The van der Waals surface area contributed by atoms with E-state index in [-0.39, 0.29) is 18.1 Å². The van der Waals surface area contributed by atoms with Gasteiger partial charge in [0.25, 0.3) is 0 Å². The van der Waals surface area contributed by atoms with Gasteiger partial charge in [-0.15, -0.1) is 0 Å². The number of nitrogens with one attached hydrogen (secondary N) is 1. The van der Waals surface area contributed by atoms with Crippen molar-refractivity contribution >= 4 is 21.9 Å². The minimum Gasteiger partial charge on any atom is -0.468 e. The van der Waals surface area contributed by atoms with Gasteiger partial charge in [0.05, 0.1) is 7.11 Å². The first-order valence-corrected chi connectivity index (χ1v) is 7.00. The smallest absolute Gasteiger partial charge is 0.322 e. The Balaban J connectivity index is 2.17. The zero-order valence-electron chi connectivity index (χ0n) is 10.7. The Hall–Kier alpha value is -0.870. The molecule has 3 nitrogen and oxygen atoms in total. The van der Waals surface area contributed by atoms with Gasteiger partial charge in [-0.1, -0.05) is 35.0 Å². The molecule has 2 rings (SSSR count). The molecule has 0 aliphatic carbocycles. The van der Waals surface area contributed by atoms with Crippen LogP contribution in [0.1, 0.15) is 31.4 Å². The van der Waals surface area contributed by atoms with Crippen LogP contribution in [-0.4, -0.2) is 19.1 Å². The van der Waals surface area contributed by atoms with E-state index in [9.17, 15) is 4.79 Å². The normalized spacial score (nSPS) is 27.8. The lowest BCUT2D eigenvalue weighted by Gasteiger charge is -2.35. The fourth-order valence-corrected chi connectivity index (χ4v) is 2.93. The van der Waals surface area contributed by atoms with Gasteiger partial charge >= 0.3 is 5.97 Å². The van der Waals surface area contributed by atoms with Crippen molar-refractivity contribution < 1.29 is 9.53 Å². The molecular weight excluding hydrogens is 294 g/mol. The van der Waals surface area contributed by atoms with E-state index in [1.807, 2.05) is 12.1 Å². The maximum atomic E-state index is 11.6. The Labute approximate surface area is 116 Å². The fourth-order valence-electron chi connectivity index (χ4n) is 2.51. The van der Waals surface area contributed by atoms with Crippen molar-refractivity contribution in [3.8, 4) is 0 Å². The summed E-state index contributed by atoms with van der Waals surface area (Å²) in [5.41, 5.74) is 1.21. The molecule has 0 spiro atoms. The van der Waals surface area contributed by atoms with Crippen LogP contribution >= 0.6 is 15.9 Å². The molecule has 0 radical (unpaired) electrons. The van der Waals surface area contributed by atoms with Crippen LogP contribution in [0.5, 0.6) is 0 Å². The SMILES string of the molecule is COC(=O)[C@@H]1CC[C@@H](C)[C@H](c2cccc(Br)c2)N1. The molecule has 0 aromatic heterocycles. The van der Waals surface area contributed by atoms with E-state index in [0.29, 0.717) is 5.92 Å². The predicted molar refractivity (Wildman–Crippen MR) is 74.2 cm³/mol. The molecule has 1 aliphatic rings. The zero-order valence-corrected chi connectivity index (χ0v) is 12.2. The molecule has 1 aromatic carbocycles. The van der Waals surface area contributed by atoms with E-state index >= 15 is 0 Å². The molecule has 0 amide bonds. The number of methoxy groups -OCH3 is 1. The van der Waals surface area contributed by atoms with Gasteiger partial charge in [-0.3, -0.25) is 10.1 Å². The summed E-state index contributed by atoms with van der Waals surface area (Å²) >= 11 is 3.49. The lowest BCUT2D eigenvalue weighted by atomic mass is 9.85. The minimum atomic E-state index is -0.185. The number of hydrogen-bond acceptors (Lipinski definition) is 3. The number of rotatable bonds is 2. The second kappa shape index (κ2) is 5.85. The van der Waals surface area contributed by atoms with Crippen LogP contribution < -0.4 is 5.32 Å². The highest BCUT2D eigenvalue weighted by Gasteiger charge is 2.32. The maximum absolute atomic E-state index is 11.6. The van der Waals surface area contributed by atoms with Crippen LogP contribution in [0.4, 0.5) is 0 Å². The molecule has 18 heavy (non-hydrogen) atoms. The van der Waals surface area contributed by atoms with Crippen LogP contribution in [0.3, 0.4) is 0 Å². The van der Waals surface area contributed by atoms with Gasteiger partial charge in [-0.25, -0.2) is 0 Å². The Morgan fingerprint density at radius 3 is 2.89 bits per heavy atom. The predicted octanol–water partition coefficient (Wildman–Crippen LogP) is 3.05. The number of halogens is 1. The third-order valence-corrected chi connectivity index (χ3v) is 4.05. The van der Waals surface area contributed by atoms with Gasteiger partial charge in [0, 0.05) is 10.5 Å². The molecule has 0 saturated carbocycles.